The third-order valence-electron chi connectivity index (χ3n) is 10.1. The van der Waals surface area contributed by atoms with Crippen LogP contribution >= 0.6 is 0 Å². The number of carbonyl (C=O) groups is 4. The molecule has 0 aliphatic carbocycles. The number of benzene rings is 4. The van der Waals surface area contributed by atoms with Gasteiger partial charge in [0.25, 0.3) is 0 Å². The van der Waals surface area contributed by atoms with E-state index in [1.807, 2.05) is 6.08 Å². The molecule has 0 aromatic heterocycles. The summed E-state index contributed by atoms with van der Waals surface area (Å²) in [5.41, 5.74) is 1.88. The quantitative estimate of drug-likeness (QED) is 0.0342. The number of ether oxygens (including phenoxy) is 10. The molecular formula is C51H64O16. The second-order valence-electron chi connectivity index (χ2n) is 14.2. The average Bonchev–Trinajstić information content (AvgIpc) is 3.34. The van der Waals surface area contributed by atoms with Crippen LogP contribution in [-0.4, -0.2) is 104 Å². The number of hydrogen-bond acceptors (Lipinski definition) is 14. The molecule has 4 aromatic rings. The maximum atomic E-state index is 13.0. The van der Waals surface area contributed by atoms with E-state index in [2.05, 4.69) is 13.2 Å². The number of carboxylic acid groups (broad SMARTS) is 2. The van der Waals surface area contributed by atoms with Gasteiger partial charge in [0.2, 0.25) is 0 Å². The Morgan fingerprint density at radius 3 is 1.06 bits per heavy atom. The molecule has 0 amide bonds. The molecule has 4 rings (SSSR count). The van der Waals surface area contributed by atoms with Crippen LogP contribution in [0.15, 0.2) is 73.8 Å². The normalized spacial score (nSPS) is 10.1. The fourth-order valence-electron chi connectivity index (χ4n) is 6.88. The zero-order chi connectivity index (χ0) is 48.8. The molecule has 0 saturated heterocycles. The molecule has 0 bridgehead atoms. The zero-order valence-electron chi connectivity index (χ0n) is 38.9. The SMILES string of the molecule is C.C=CCCCCCCCCCOC(=O)c1cc(OC)c(OC)c(-c2cc(C(=O)OCC=C)cc(OC)c2OC)c1.COc1cc(C(=O)O)cc(-c2cc(C(=O)O)cc(OC)c2OC)c1OC. The van der Waals surface area contributed by atoms with Crippen LogP contribution < -0.4 is 37.9 Å². The van der Waals surface area contributed by atoms with E-state index in [1.165, 1.54) is 119 Å². The Balaban J connectivity index is 0.000000493. The highest BCUT2D eigenvalue weighted by Gasteiger charge is 2.26. The zero-order valence-corrected chi connectivity index (χ0v) is 38.9. The van der Waals surface area contributed by atoms with Crippen LogP contribution in [0, 0.1) is 0 Å². The molecular weight excluding hydrogens is 869 g/mol. The monoisotopic (exact) mass is 932 g/mol. The van der Waals surface area contributed by atoms with Gasteiger partial charge in [-0.1, -0.05) is 58.3 Å². The third-order valence-corrected chi connectivity index (χ3v) is 10.1. The van der Waals surface area contributed by atoms with Crippen LogP contribution in [0.5, 0.6) is 46.0 Å². The van der Waals surface area contributed by atoms with Crippen LogP contribution in [0.1, 0.15) is 100 Å². The highest BCUT2D eigenvalue weighted by molar-refractivity contribution is 5.98. The first-order valence-electron chi connectivity index (χ1n) is 20.9. The fourth-order valence-corrected chi connectivity index (χ4v) is 6.88. The minimum atomic E-state index is -1.17. The summed E-state index contributed by atoms with van der Waals surface area (Å²) in [7, 11) is 11.5. The molecule has 0 heterocycles. The number of carboxylic acids is 2. The van der Waals surface area contributed by atoms with E-state index in [1.54, 1.807) is 18.2 Å². The second-order valence-corrected chi connectivity index (χ2v) is 14.2. The smallest absolute Gasteiger partial charge is 0.338 e. The van der Waals surface area contributed by atoms with E-state index < -0.39 is 23.9 Å². The summed E-state index contributed by atoms with van der Waals surface area (Å²) < 4.78 is 54.3. The van der Waals surface area contributed by atoms with E-state index in [4.69, 9.17) is 47.4 Å². The van der Waals surface area contributed by atoms with Crippen LogP contribution in [0.3, 0.4) is 0 Å². The van der Waals surface area contributed by atoms with Crippen LogP contribution in [0.4, 0.5) is 0 Å². The van der Waals surface area contributed by atoms with Crippen molar-refractivity contribution in [3.8, 4) is 68.2 Å². The van der Waals surface area contributed by atoms with Crippen molar-refractivity contribution in [1.29, 1.82) is 0 Å². The first-order valence-corrected chi connectivity index (χ1v) is 20.9. The maximum Gasteiger partial charge on any atom is 0.338 e. The van der Waals surface area contributed by atoms with Gasteiger partial charge in [-0.15, -0.1) is 6.58 Å². The predicted molar refractivity (Wildman–Crippen MR) is 255 cm³/mol. The summed E-state index contributed by atoms with van der Waals surface area (Å²) in [4.78, 5) is 48.6. The van der Waals surface area contributed by atoms with Gasteiger partial charge in [0.15, 0.2) is 46.0 Å². The Labute approximate surface area is 392 Å². The molecule has 4 aromatic carbocycles. The lowest BCUT2D eigenvalue weighted by Crippen LogP contribution is -2.09. The average molecular weight is 933 g/mol. The number of allylic oxidation sites excluding steroid dienone is 1. The molecule has 364 valence electrons. The summed E-state index contributed by atoms with van der Waals surface area (Å²) in [6.45, 7) is 7.70. The lowest BCUT2D eigenvalue weighted by Gasteiger charge is -2.19. The second kappa shape index (κ2) is 28.5. The maximum absolute atomic E-state index is 13.0. The highest BCUT2D eigenvalue weighted by Crippen LogP contribution is 2.48. The standard InChI is InChI=1S/C32H42O8.C18H18O8.CH4/c1-7-9-10-11-12-13-14-15-16-18-40-32(34)24-20-26(30(38-6)28(22-24)36-4)25-19-23(31(33)39-17-8-2)21-27(35-3)29(25)37-5;1-23-13-7-9(17(19)20)5-11(15(13)25-3)12-6-10(18(21)22)8-14(24-2)16(12)26-4;/h7-8,19-22H,1-2,9-18H2,3-6H3;5-8H,1-4H3,(H,19,20)(H,21,22);1H4. The Hall–Kier alpha value is -7.36. The van der Waals surface area contributed by atoms with Crippen molar-refractivity contribution < 1.29 is 76.8 Å². The van der Waals surface area contributed by atoms with E-state index in [0.29, 0.717) is 51.9 Å². The lowest BCUT2D eigenvalue weighted by molar-refractivity contribution is 0.0495. The van der Waals surface area contributed by atoms with Gasteiger partial charge in [0.05, 0.1) is 85.7 Å². The van der Waals surface area contributed by atoms with Gasteiger partial charge in [-0.2, -0.15) is 0 Å². The van der Waals surface area contributed by atoms with Gasteiger partial charge in [-0.3, -0.25) is 0 Å². The lowest BCUT2D eigenvalue weighted by atomic mass is 9.97. The van der Waals surface area contributed by atoms with Crippen molar-refractivity contribution in [2.75, 3.05) is 70.1 Å². The van der Waals surface area contributed by atoms with E-state index in [-0.39, 0.29) is 59.3 Å². The highest BCUT2D eigenvalue weighted by atomic mass is 16.5. The van der Waals surface area contributed by atoms with Crippen molar-refractivity contribution in [3.05, 3.63) is 96.1 Å². The van der Waals surface area contributed by atoms with E-state index in [0.717, 1.165) is 25.7 Å². The summed E-state index contributed by atoms with van der Waals surface area (Å²) in [5.74, 6) is -1.24. The Bertz CT molecular complexity index is 2240. The molecule has 0 fully saturated rings. The topological polar surface area (TPSA) is 201 Å². The van der Waals surface area contributed by atoms with Gasteiger partial charge in [-0.25, -0.2) is 19.2 Å². The number of hydrogen-bond donors (Lipinski definition) is 2. The number of unbranched alkanes of at least 4 members (excludes halogenated alkanes) is 7. The summed E-state index contributed by atoms with van der Waals surface area (Å²) in [6, 6.07) is 11.7. The van der Waals surface area contributed by atoms with Gasteiger partial charge in [-0.05, 0) is 67.8 Å². The molecule has 0 atom stereocenters. The molecule has 16 nitrogen and oxygen atoms in total. The number of esters is 2. The number of rotatable bonds is 26. The Morgan fingerprint density at radius 2 is 0.746 bits per heavy atom. The molecule has 0 radical (unpaired) electrons. The van der Waals surface area contributed by atoms with Crippen molar-refractivity contribution in [2.45, 2.75) is 58.8 Å². The third kappa shape index (κ3) is 14.8. The molecule has 0 unspecified atom stereocenters. The van der Waals surface area contributed by atoms with E-state index >= 15 is 0 Å². The van der Waals surface area contributed by atoms with E-state index in [9.17, 15) is 29.4 Å². The van der Waals surface area contributed by atoms with Crippen molar-refractivity contribution in [3.63, 3.8) is 0 Å². The largest absolute Gasteiger partial charge is 0.493 e. The van der Waals surface area contributed by atoms with Crippen molar-refractivity contribution >= 4 is 23.9 Å². The number of aromatic carboxylic acids is 2. The van der Waals surface area contributed by atoms with Crippen LogP contribution in [0.2, 0.25) is 0 Å². The number of methoxy groups -OCH3 is 8. The molecule has 0 aliphatic rings. The van der Waals surface area contributed by atoms with Crippen molar-refractivity contribution in [2.24, 2.45) is 0 Å². The fraction of sp³-hybridized carbons (Fsp3) is 0.373. The molecule has 16 heteroatoms. The summed E-state index contributed by atoms with van der Waals surface area (Å²) >= 11 is 0. The van der Waals surface area contributed by atoms with Gasteiger partial charge >= 0.3 is 23.9 Å². The summed E-state index contributed by atoms with van der Waals surface area (Å²) in [5, 5.41) is 18.7. The molecule has 0 saturated carbocycles. The molecule has 0 spiro atoms. The predicted octanol–water partition coefficient (Wildman–Crippen LogP) is 10.6. The van der Waals surface area contributed by atoms with Crippen LogP contribution in [0.25, 0.3) is 22.3 Å². The Kier molecular flexibility index (Phi) is 23.7. The first-order chi connectivity index (χ1) is 31.8. The van der Waals surface area contributed by atoms with Gasteiger partial charge in [0.1, 0.15) is 6.61 Å². The Morgan fingerprint density at radius 1 is 0.433 bits per heavy atom. The van der Waals surface area contributed by atoms with Crippen LogP contribution in [-0.2, 0) is 9.47 Å². The minimum Gasteiger partial charge on any atom is -0.493 e. The first kappa shape index (κ1) is 55.8. The van der Waals surface area contributed by atoms with Gasteiger partial charge in [0, 0.05) is 22.3 Å². The molecule has 0 aliphatic heterocycles. The van der Waals surface area contributed by atoms with Gasteiger partial charge < -0.3 is 57.6 Å². The molecule has 67 heavy (non-hydrogen) atoms. The minimum absolute atomic E-state index is 0. The molecule has 2 N–H and O–H groups in total. The van der Waals surface area contributed by atoms with Crippen molar-refractivity contribution in [1.82, 2.24) is 0 Å². The number of carbonyl (C=O) groups excluding carboxylic acids is 2. The summed E-state index contributed by atoms with van der Waals surface area (Å²) in [6.07, 6.45) is 12.2.